The van der Waals surface area contributed by atoms with Crippen LogP contribution in [0.15, 0.2) is 79.1 Å². The summed E-state index contributed by atoms with van der Waals surface area (Å²) in [6, 6.07) is 20.7. The van der Waals surface area contributed by atoms with E-state index in [2.05, 4.69) is 15.6 Å². The molecule has 2 heterocycles. The van der Waals surface area contributed by atoms with E-state index in [4.69, 9.17) is 4.98 Å². The third-order valence-corrected chi connectivity index (χ3v) is 5.08. The van der Waals surface area contributed by atoms with Crippen LogP contribution in [0.4, 0.5) is 5.69 Å². The molecule has 0 bridgehead atoms. The molecule has 4 aromatic rings. The van der Waals surface area contributed by atoms with E-state index in [1.165, 1.54) is 0 Å². The number of carbonyl (C=O) groups excluding carboxylic acids is 2. The van der Waals surface area contributed by atoms with Crippen molar-refractivity contribution in [2.75, 3.05) is 5.32 Å². The minimum absolute atomic E-state index is 0.0133. The molecule has 0 aliphatic rings. The smallest absolute Gasteiger partial charge is 0.252 e. The molecule has 0 saturated carbocycles. The molecule has 160 valence electrons. The van der Waals surface area contributed by atoms with E-state index >= 15 is 0 Å². The SMILES string of the molecule is CCCC(=O)Nc1cccc(CNC(=O)c2cc(-c3ccncc3)nc3ccccc23)c1. The van der Waals surface area contributed by atoms with Gasteiger partial charge in [0.25, 0.3) is 5.91 Å². The third kappa shape index (κ3) is 4.98. The van der Waals surface area contributed by atoms with Gasteiger partial charge >= 0.3 is 0 Å². The van der Waals surface area contributed by atoms with Gasteiger partial charge in [-0.2, -0.15) is 0 Å². The number of hydrogen-bond acceptors (Lipinski definition) is 4. The fourth-order valence-electron chi connectivity index (χ4n) is 3.52. The summed E-state index contributed by atoms with van der Waals surface area (Å²) in [5, 5.41) is 6.68. The molecule has 0 aliphatic carbocycles. The average molecular weight is 425 g/mol. The van der Waals surface area contributed by atoms with Crippen LogP contribution in [0.3, 0.4) is 0 Å². The van der Waals surface area contributed by atoms with Gasteiger partial charge in [0.1, 0.15) is 0 Å². The standard InChI is InChI=1S/C26H24N4O2/c1-2-6-25(31)29-20-8-5-7-18(15-20)17-28-26(32)22-16-24(19-11-13-27-14-12-19)30-23-10-4-3-9-21(22)23/h3-5,7-16H,2,6,17H2,1H3,(H,28,32)(H,29,31). The zero-order valence-corrected chi connectivity index (χ0v) is 17.8. The summed E-state index contributed by atoms with van der Waals surface area (Å²) in [6.07, 6.45) is 4.69. The van der Waals surface area contributed by atoms with Crippen LogP contribution in [0, 0.1) is 0 Å². The van der Waals surface area contributed by atoms with Crippen LogP contribution in [0.25, 0.3) is 22.2 Å². The first-order valence-corrected chi connectivity index (χ1v) is 10.6. The number of pyridine rings is 2. The van der Waals surface area contributed by atoms with Crippen LogP contribution in [-0.2, 0) is 11.3 Å². The maximum Gasteiger partial charge on any atom is 0.252 e. The van der Waals surface area contributed by atoms with Gasteiger partial charge in [0.05, 0.1) is 16.8 Å². The molecule has 2 amide bonds. The van der Waals surface area contributed by atoms with Crippen LogP contribution in [0.5, 0.6) is 0 Å². The molecule has 32 heavy (non-hydrogen) atoms. The predicted molar refractivity (Wildman–Crippen MR) is 126 cm³/mol. The predicted octanol–water partition coefficient (Wildman–Crippen LogP) is 4.97. The lowest BCUT2D eigenvalue weighted by Gasteiger charge is -2.11. The summed E-state index contributed by atoms with van der Waals surface area (Å²) in [4.78, 5) is 33.8. The van der Waals surface area contributed by atoms with E-state index in [0.29, 0.717) is 18.5 Å². The molecular formula is C26H24N4O2. The highest BCUT2D eigenvalue weighted by Crippen LogP contribution is 2.24. The summed E-state index contributed by atoms with van der Waals surface area (Å²) in [6.45, 7) is 2.31. The Bertz CT molecular complexity index is 1260. The maximum absolute atomic E-state index is 13.1. The van der Waals surface area contributed by atoms with Crippen molar-refractivity contribution in [1.29, 1.82) is 0 Å². The Kier molecular flexibility index (Phi) is 6.51. The van der Waals surface area contributed by atoms with Crippen LogP contribution in [0.1, 0.15) is 35.7 Å². The molecule has 0 saturated heterocycles. The Labute approximate surface area is 186 Å². The first-order valence-electron chi connectivity index (χ1n) is 10.6. The van der Waals surface area contributed by atoms with Gasteiger partial charge in [-0.3, -0.25) is 14.6 Å². The summed E-state index contributed by atoms with van der Waals surface area (Å²) < 4.78 is 0. The Balaban J connectivity index is 1.56. The van der Waals surface area contributed by atoms with E-state index in [0.717, 1.165) is 39.8 Å². The second-order valence-electron chi connectivity index (χ2n) is 7.49. The number of anilines is 1. The largest absolute Gasteiger partial charge is 0.348 e. The minimum atomic E-state index is -0.181. The molecule has 0 unspecified atom stereocenters. The van der Waals surface area contributed by atoms with Crippen LogP contribution in [0.2, 0.25) is 0 Å². The normalized spacial score (nSPS) is 10.7. The van der Waals surface area contributed by atoms with Crippen molar-refractivity contribution >= 4 is 28.4 Å². The fraction of sp³-hybridized carbons (Fsp3) is 0.154. The monoisotopic (exact) mass is 424 g/mol. The summed E-state index contributed by atoms with van der Waals surface area (Å²) >= 11 is 0. The highest BCUT2D eigenvalue weighted by atomic mass is 16.2. The number of amides is 2. The second kappa shape index (κ2) is 9.83. The van der Waals surface area contributed by atoms with Crippen molar-refractivity contribution in [3.63, 3.8) is 0 Å². The van der Waals surface area contributed by atoms with Gasteiger partial charge < -0.3 is 10.6 Å². The molecular weight excluding hydrogens is 400 g/mol. The highest BCUT2D eigenvalue weighted by molar-refractivity contribution is 6.07. The van der Waals surface area contributed by atoms with E-state index < -0.39 is 0 Å². The summed E-state index contributed by atoms with van der Waals surface area (Å²) in [5.74, 6) is -0.195. The molecule has 2 N–H and O–H groups in total. The van der Waals surface area contributed by atoms with Crippen molar-refractivity contribution in [3.05, 3.63) is 90.3 Å². The number of nitrogens with zero attached hydrogens (tertiary/aromatic N) is 2. The van der Waals surface area contributed by atoms with E-state index in [-0.39, 0.29) is 11.8 Å². The van der Waals surface area contributed by atoms with Gasteiger partial charge in [-0.1, -0.05) is 37.3 Å². The summed E-state index contributed by atoms with van der Waals surface area (Å²) in [7, 11) is 0. The minimum Gasteiger partial charge on any atom is -0.348 e. The van der Waals surface area contributed by atoms with Crippen molar-refractivity contribution in [3.8, 4) is 11.3 Å². The first-order chi connectivity index (χ1) is 15.6. The lowest BCUT2D eigenvalue weighted by molar-refractivity contribution is -0.116. The Hall–Kier alpha value is -4.06. The molecule has 6 heteroatoms. The van der Waals surface area contributed by atoms with Gasteiger partial charge in [0.2, 0.25) is 5.91 Å². The number of fused-ring (bicyclic) bond motifs is 1. The van der Waals surface area contributed by atoms with Crippen LogP contribution in [-0.4, -0.2) is 21.8 Å². The summed E-state index contributed by atoms with van der Waals surface area (Å²) in [5.41, 5.74) is 4.57. The molecule has 0 fully saturated rings. The Morgan fingerprint density at radius 1 is 0.938 bits per heavy atom. The van der Waals surface area contributed by atoms with E-state index in [1.807, 2.05) is 73.7 Å². The maximum atomic E-state index is 13.1. The number of aromatic nitrogens is 2. The molecule has 4 rings (SSSR count). The van der Waals surface area contributed by atoms with Crippen LogP contribution >= 0.6 is 0 Å². The molecule has 0 spiro atoms. The second-order valence-corrected chi connectivity index (χ2v) is 7.49. The lowest BCUT2D eigenvalue weighted by Crippen LogP contribution is -2.23. The zero-order valence-electron chi connectivity index (χ0n) is 17.8. The Morgan fingerprint density at radius 3 is 2.56 bits per heavy atom. The van der Waals surface area contributed by atoms with Gasteiger partial charge in [-0.15, -0.1) is 0 Å². The number of nitrogens with one attached hydrogen (secondary N) is 2. The van der Waals surface area contributed by atoms with Crippen molar-refractivity contribution < 1.29 is 9.59 Å². The molecule has 0 radical (unpaired) electrons. The number of hydrogen-bond donors (Lipinski definition) is 2. The van der Waals surface area contributed by atoms with E-state index in [1.54, 1.807) is 12.4 Å². The topological polar surface area (TPSA) is 84.0 Å². The van der Waals surface area contributed by atoms with Crippen molar-refractivity contribution in [1.82, 2.24) is 15.3 Å². The van der Waals surface area contributed by atoms with Gasteiger partial charge in [0, 0.05) is 42.0 Å². The number of carbonyl (C=O) groups is 2. The molecule has 0 atom stereocenters. The van der Waals surface area contributed by atoms with Crippen LogP contribution < -0.4 is 10.6 Å². The third-order valence-electron chi connectivity index (χ3n) is 5.08. The number of rotatable bonds is 7. The van der Waals surface area contributed by atoms with Gasteiger partial charge in [-0.25, -0.2) is 4.98 Å². The zero-order chi connectivity index (χ0) is 22.3. The van der Waals surface area contributed by atoms with Gasteiger partial charge in [-0.05, 0) is 48.4 Å². The van der Waals surface area contributed by atoms with Crippen molar-refractivity contribution in [2.24, 2.45) is 0 Å². The quantitative estimate of drug-likeness (QED) is 0.439. The average Bonchev–Trinajstić information content (AvgIpc) is 2.83. The van der Waals surface area contributed by atoms with E-state index in [9.17, 15) is 9.59 Å². The molecule has 2 aromatic heterocycles. The number of benzene rings is 2. The lowest BCUT2D eigenvalue weighted by atomic mass is 10.0. The first kappa shape index (κ1) is 21.2. The van der Waals surface area contributed by atoms with Gasteiger partial charge in [0.15, 0.2) is 0 Å². The highest BCUT2D eigenvalue weighted by Gasteiger charge is 2.14. The fourth-order valence-corrected chi connectivity index (χ4v) is 3.52. The Morgan fingerprint density at radius 2 is 1.75 bits per heavy atom. The number of para-hydroxylation sites is 1. The molecule has 0 aliphatic heterocycles. The van der Waals surface area contributed by atoms with Crippen molar-refractivity contribution in [2.45, 2.75) is 26.3 Å². The molecule has 2 aromatic carbocycles. The molecule has 6 nitrogen and oxygen atoms in total.